The predicted molar refractivity (Wildman–Crippen MR) is 71.1 cm³/mol. The molecule has 0 spiro atoms. The summed E-state index contributed by atoms with van der Waals surface area (Å²) in [5, 5.41) is 18.6. The average Bonchev–Trinajstić information content (AvgIpc) is 2.37. The first-order valence-electron chi connectivity index (χ1n) is 6.26. The lowest BCUT2D eigenvalue weighted by Crippen LogP contribution is -2.18. The maximum absolute atomic E-state index is 11.4. The summed E-state index contributed by atoms with van der Waals surface area (Å²) in [6.07, 6.45) is -1.01. The monoisotopic (exact) mass is 282 g/mol. The molecule has 0 amide bonds. The summed E-state index contributed by atoms with van der Waals surface area (Å²) in [4.78, 5) is 22.7. The van der Waals surface area contributed by atoms with Gasteiger partial charge in [-0.15, -0.1) is 0 Å². The van der Waals surface area contributed by atoms with Gasteiger partial charge in [0.1, 0.15) is 0 Å². The van der Waals surface area contributed by atoms with Crippen molar-refractivity contribution < 1.29 is 29.3 Å². The van der Waals surface area contributed by atoms with Crippen LogP contribution in [0.1, 0.15) is 52.0 Å². The Kier molecular flexibility index (Phi) is 5.66. The number of aryl methyl sites for hydroxylation is 1. The Morgan fingerprint density at radius 3 is 1.75 bits per heavy atom. The van der Waals surface area contributed by atoms with Crippen LogP contribution >= 0.6 is 0 Å². The minimum absolute atomic E-state index is 0.0410. The highest BCUT2D eigenvalue weighted by Gasteiger charge is 2.27. The third kappa shape index (κ3) is 3.55. The number of aromatic carboxylic acids is 2. The topological polar surface area (TPSA) is 93.1 Å². The highest BCUT2D eigenvalue weighted by Crippen LogP contribution is 2.28. The van der Waals surface area contributed by atoms with Crippen molar-refractivity contribution in [2.45, 2.75) is 27.1 Å². The van der Waals surface area contributed by atoms with Gasteiger partial charge in [0, 0.05) is 18.8 Å². The highest BCUT2D eigenvalue weighted by molar-refractivity contribution is 5.97. The Labute approximate surface area is 116 Å². The summed E-state index contributed by atoms with van der Waals surface area (Å²) in [5.41, 5.74) is 0.359. The van der Waals surface area contributed by atoms with Gasteiger partial charge in [-0.25, -0.2) is 9.59 Å². The summed E-state index contributed by atoms with van der Waals surface area (Å²) in [5.74, 6) is -2.42. The third-order valence-corrected chi connectivity index (χ3v) is 2.66. The van der Waals surface area contributed by atoms with Crippen molar-refractivity contribution >= 4 is 11.9 Å². The number of carboxylic acids is 2. The number of carboxylic acid groups (broad SMARTS) is 2. The van der Waals surface area contributed by atoms with E-state index in [0.717, 1.165) is 0 Å². The van der Waals surface area contributed by atoms with Crippen LogP contribution in [-0.4, -0.2) is 35.4 Å². The molecular weight excluding hydrogens is 264 g/mol. The zero-order valence-corrected chi connectivity index (χ0v) is 11.7. The van der Waals surface area contributed by atoms with Gasteiger partial charge in [0.15, 0.2) is 6.29 Å². The molecule has 0 aliphatic heterocycles. The summed E-state index contributed by atoms with van der Waals surface area (Å²) in [6.45, 7) is 5.63. The molecule has 20 heavy (non-hydrogen) atoms. The lowest BCUT2D eigenvalue weighted by molar-refractivity contribution is -0.140. The molecule has 0 heterocycles. The van der Waals surface area contributed by atoms with E-state index in [0.29, 0.717) is 5.56 Å². The molecule has 0 aliphatic rings. The van der Waals surface area contributed by atoms with Gasteiger partial charge in [-0.05, 0) is 38.5 Å². The fourth-order valence-corrected chi connectivity index (χ4v) is 1.92. The Morgan fingerprint density at radius 1 is 1.05 bits per heavy atom. The van der Waals surface area contributed by atoms with Crippen LogP contribution in [0.3, 0.4) is 0 Å². The molecule has 1 aromatic rings. The summed E-state index contributed by atoms with van der Waals surface area (Å²) < 4.78 is 10.7. The van der Waals surface area contributed by atoms with E-state index in [2.05, 4.69) is 0 Å². The van der Waals surface area contributed by atoms with Crippen LogP contribution in [0.25, 0.3) is 0 Å². The molecule has 6 heteroatoms. The van der Waals surface area contributed by atoms with Crippen molar-refractivity contribution in [3.8, 4) is 0 Å². The highest BCUT2D eigenvalue weighted by atomic mass is 16.7. The predicted octanol–water partition coefficient (Wildman–Crippen LogP) is 2.46. The van der Waals surface area contributed by atoms with Crippen molar-refractivity contribution in [1.29, 1.82) is 0 Å². The van der Waals surface area contributed by atoms with Crippen LogP contribution in [0.15, 0.2) is 12.1 Å². The second-order valence-corrected chi connectivity index (χ2v) is 4.13. The number of ether oxygens (including phenoxy) is 2. The molecule has 6 nitrogen and oxygen atoms in total. The van der Waals surface area contributed by atoms with Crippen molar-refractivity contribution in [2.24, 2.45) is 0 Å². The first-order chi connectivity index (χ1) is 9.42. The zero-order chi connectivity index (χ0) is 15.3. The fraction of sp³-hybridized carbons (Fsp3) is 0.429. The van der Waals surface area contributed by atoms with Crippen LogP contribution in [0, 0.1) is 6.92 Å². The van der Waals surface area contributed by atoms with Crippen LogP contribution in [0.4, 0.5) is 0 Å². The smallest absolute Gasteiger partial charge is 0.336 e. The first-order valence-corrected chi connectivity index (χ1v) is 6.26. The fourth-order valence-electron chi connectivity index (χ4n) is 1.92. The molecule has 110 valence electrons. The molecule has 2 N–H and O–H groups in total. The van der Waals surface area contributed by atoms with Crippen molar-refractivity contribution in [2.75, 3.05) is 13.2 Å². The number of hydrogen-bond donors (Lipinski definition) is 2. The summed E-state index contributed by atoms with van der Waals surface area (Å²) in [6, 6.07) is 2.82. The maximum Gasteiger partial charge on any atom is 0.336 e. The van der Waals surface area contributed by atoms with E-state index in [1.165, 1.54) is 12.1 Å². The number of carbonyl (C=O) groups is 2. The van der Waals surface area contributed by atoms with Gasteiger partial charge in [0.2, 0.25) is 0 Å². The van der Waals surface area contributed by atoms with Crippen LogP contribution in [0.5, 0.6) is 0 Å². The van der Waals surface area contributed by atoms with Crippen molar-refractivity contribution in [3.63, 3.8) is 0 Å². The molecule has 0 aliphatic carbocycles. The Hall–Kier alpha value is -1.92. The SMILES string of the molecule is CCOC(OCC)c1c(C(=O)O)cc(C)cc1C(=O)O. The van der Waals surface area contributed by atoms with E-state index < -0.39 is 18.2 Å². The lowest BCUT2D eigenvalue weighted by Gasteiger charge is -2.21. The Morgan fingerprint density at radius 2 is 1.45 bits per heavy atom. The van der Waals surface area contributed by atoms with Gasteiger partial charge in [-0.3, -0.25) is 0 Å². The average molecular weight is 282 g/mol. The molecule has 0 atom stereocenters. The van der Waals surface area contributed by atoms with Crippen LogP contribution in [0.2, 0.25) is 0 Å². The van der Waals surface area contributed by atoms with E-state index in [1.807, 2.05) is 0 Å². The second kappa shape index (κ2) is 7.02. The minimum Gasteiger partial charge on any atom is -0.478 e. The molecule has 0 fully saturated rings. The lowest BCUT2D eigenvalue weighted by atomic mass is 9.97. The number of benzene rings is 1. The zero-order valence-electron chi connectivity index (χ0n) is 11.7. The quantitative estimate of drug-likeness (QED) is 0.746. The van der Waals surface area contributed by atoms with Gasteiger partial charge in [-0.2, -0.15) is 0 Å². The normalized spacial score (nSPS) is 10.8. The third-order valence-electron chi connectivity index (χ3n) is 2.66. The molecule has 1 aromatic carbocycles. The first kappa shape index (κ1) is 16.1. The maximum atomic E-state index is 11.4. The van der Waals surface area contributed by atoms with Crippen LogP contribution in [-0.2, 0) is 9.47 Å². The van der Waals surface area contributed by atoms with E-state index in [-0.39, 0.29) is 29.9 Å². The van der Waals surface area contributed by atoms with Gasteiger partial charge in [-0.1, -0.05) is 0 Å². The molecule has 0 aromatic heterocycles. The van der Waals surface area contributed by atoms with E-state index in [4.69, 9.17) is 9.47 Å². The van der Waals surface area contributed by atoms with Crippen LogP contribution < -0.4 is 0 Å². The minimum atomic E-state index is -1.21. The summed E-state index contributed by atoms with van der Waals surface area (Å²) >= 11 is 0. The van der Waals surface area contributed by atoms with Gasteiger partial charge in [0.25, 0.3) is 0 Å². The molecule has 1 rings (SSSR count). The van der Waals surface area contributed by atoms with Gasteiger partial charge in [0.05, 0.1) is 11.1 Å². The molecule has 0 bridgehead atoms. The summed E-state index contributed by atoms with van der Waals surface area (Å²) in [7, 11) is 0. The van der Waals surface area contributed by atoms with Gasteiger partial charge >= 0.3 is 11.9 Å². The Balaban J connectivity index is 3.52. The Bertz CT molecular complexity index is 467. The molecule has 0 saturated heterocycles. The van der Waals surface area contributed by atoms with Crippen molar-refractivity contribution in [3.05, 3.63) is 34.4 Å². The molecular formula is C14H18O6. The van der Waals surface area contributed by atoms with E-state index >= 15 is 0 Å². The van der Waals surface area contributed by atoms with E-state index in [1.54, 1.807) is 20.8 Å². The van der Waals surface area contributed by atoms with E-state index in [9.17, 15) is 19.8 Å². The molecule has 0 unspecified atom stereocenters. The number of rotatable bonds is 7. The number of hydrogen-bond acceptors (Lipinski definition) is 4. The second-order valence-electron chi connectivity index (χ2n) is 4.13. The molecule has 0 saturated carbocycles. The molecule has 0 radical (unpaired) electrons. The largest absolute Gasteiger partial charge is 0.478 e. The van der Waals surface area contributed by atoms with Crippen molar-refractivity contribution in [1.82, 2.24) is 0 Å². The standard InChI is InChI=1S/C14H18O6/c1-4-19-14(20-5-2)11-9(12(15)16)6-8(3)7-10(11)13(17)18/h6-7,14H,4-5H2,1-3H3,(H,15,16)(H,17,18). The van der Waals surface area contributed by atoms with Gasteiger partial charge < -0.3 is 19.7 Å².